The molecule has 0 saturated heterocycles. The Morgan fingerprint density at radius 3 is 2.57 bits per heavy atom. The Labute approximate surface area is 132 Å². The van der Waals surface area contributed by atoms with Crippen LogP contribution in [0, 0.1) is 5.41 Å². The van der Waals surface area contributed by atoms with Gasteiger partial charge in [0.1, 0.15) is 11.2 Å². The molecule has 0 atom stereocenters. The molecule has 1 saturated carbocycles. The highest BCUT2D eigenvalue weighted by atomic mass is 79.9. The maximum Gasteiger partial charge on any atom is 0.319 e. The lowest BCUT2D eigenvalue weighted by Gasteiger charge is -2.38. The first-order valence-electron chi connectivity index (χ1n) is 6.72. The first-order chi connectivity index (χ1) is 9.90. The molecule has 0 spiro atoms. The van der Waals surface area contributed by atoms with Crippen molar-refractivity contribution >= 4 is 27.8 Å². The molecule has 1 aromatic carbocycles. The molecule has 2 rings (SSSR count). The maximum atomic E-state index is 12.5. The summed E-state index contributed by atoms with van der Waals surface area (Å²) in [7, 11) is 3.22. The number of carbonyl (C=O) groups is 2. The van der Waals surface area contributed by atoms with E-state index >= 15 is 0 Å². The topological polar surface area (TPSA) is 66.8 Å². The Bertz CT molecular complexity index is 569. The summed E-state index contributed by atoms with van der Waals surface area (Å²) < 4.78 is 6.03. The quantitative estimate of drug-likeness (QED) is 0.824. The third-order valence-electron chi connectivity index (χ3n) is 4.03. The standard InChI is InChI=1S/C15H18BrNO4/c1-17(13(18)15(14(19)20)6-3-7-15)9-10-8-11(21-2)4-5-12(10)16/h4-5,8H,3,6-7,9H2,1-2H3,(H,19,20). The molecule has 5 nitrogen and oxygen atoms in total. The van der Waals surface area contributed by atoms with Gasteiger partial charge in [0.15, 0.2) is 0 Å². The van der Waals surface area contributed by atoms with Gasteiger partial charge in [-0.25, -0.2) is 0 Å². The Balaban J connectivity index is 2.16. The fourth-order valence-electron chi connectivity index (χ4n) is 2.54. The SMILES string of the molecule is COc1ccc(Br)c(CN(C)C(=O)C2(C(=O)O)CCC2)c1. The van der Waals surface area contributed by atoms with Gasteiger partial charge in [-0.3, -0.25) is 9.59 Å². The fraction of sp³-hybridized carbons (Fsp3) is 0.467. The summed E-state index contributed by atoms with van der Waals surface area (Å²) in [6.07, 6.45) is 1.63. The summed E-state index contributed by atoms with van der Waals surface area (Å²) in [4.78, 5) is 25.3. The molecule has 1 amide bonds. The van der Waals surface area contributed by atoms with Gasteiger partial charge in [0.05, 0.1) is 7.11 Å². The van der Waals surface area contributed by atoms with Gasteiger partial charge in [0.25, 0.3) is 0 Å². The molecular formula is C15H18BrNO4. The number of halogens is 1. The number of carboxylic acids is 1. The molecule has 6 heteroatoms. The van der Waals surface area contributed by atoms with Gasteiger partial charge >= 0.3 is 5.97 Å². The molecule has 114 valence electrons. The van der Waals surface area contributed by atoms with E-state index in [4.69, 9.17) is 4.74 Å². The van der Waals surface area contributed by atoms with Crippen molar-refractivity contribution in [2.45, 2.75) is 25.8 Å². The second kappa shape index (κ2) is 6.05. The van der Waals surface area contributed by atoms with Gasteiger partial charge in [-0.15, -0.1) is 0 Å². The highest BCUT2D eigenvalue weighted by molar-refractivity contribution is 9.10. The number of amides is 1. The van der Waals surface area contributed by atoms with Crippen LogP contribution in [0.1, 0.15) is 24.8 Å². The number of carbonyl (C=O) groups excluding carboxylic acids is 1. The highest BCUT2D eigenvalue weighted by Gasteiger charge is 2.52. The van der Waals surface area contributed by atoms with Crippen LogP contribution in [-0.4, -0.2) is 36.0 Å². The third-order valence-corrected chi connectivity index (χ3v) is 4.81. The highest BCUT2D eigenvalue weighted by Crippen LogP contribution is 2.43. The number of nitrogens with zero attached hydrogens (tertiary/aromatic N) is 1. The lowest BCUT2D eigenvalue weighted by atomic mass is 9.68. The van der Waals surface area contributed by atoms with Crippen molar-refractivity contribution in [3.63, 3.8) is 0 Å². The first-order valence-corrected chi connectivity index (χ1v) is 7.51. The number of benzene rings is 1. The summed E-state index contributed by atoms with van der Waals surface area (Å²) in [5.41, 5.74) is -0.342. The normalized spacial score (nSPS) is 16.0. The van der Waals surface area contributed by atoms with Crippen molar-refractivity contribution in [2.75, 3.05) is 14.2 Å². The van der Waals surface area contributed by atoms with E-state index < -0.39 is 11.4 Å². The average molecular weight is 356 g/mol. The van der Waals surface area contributed by atoms with E-state index in [1.807, 2.05) is 18.2 Å². The lowest BCUT2D eigenvalue weighted by Crippen LogP contribution is -2.51. The van der Waals surface area contributed by atoms with Crippen LogP contribution in [0.3, 0.4) is 0 Å². The van der Waals surface area contributed by atoms with Crippen LogP contribution in [0.4, 0.5) is 0 Å². The lowest BCUT2D eigenvalue weighted by molar-refractivity contribution is -0.167. The maximum absolute atomic E-state index is 12.5. The smallest absolute Gasteiger partial charge is 0.319 e. The average Bonchev–Trinajstić information content (AvgIpc) is 2.39. The summed E-state index contributed by atoms with van der Waals surface area (Å²) in [5.74, 6) is -0.642. The predicted molar refractivity (Wildman–Crippen MR) is 81.1 cm³/mol. The summed E-state index contributed by atoms with van der Waals surface area (Å²) in [5, 5.41) is 9.33. The number of ether oxygens (including phenoxy) is 1. The molecule has 0 aromatic heterocycles. The van der Waals surface area contributed by atoms with Gasteiger partial charge in [-0.2, -0.15) is 0 Å². The van der Waals surface area contributed by atoms with Crippen molar-refractivity contribution in [3.8, 4) is 5.75 Å². The van der Waals surface area contributed by atoms with E-state index in [1.54, 1.807) is 14.2 Å². The Morgan fingerprint density at radius 2 is 2.10 bits per heavy atom. The second-order valence-corrected chi connectivity index (χ2v) is 6.21. The van der Waals surface area contributed by atoms with Crippen LogP contribution in [0.25, 0.3) is 0 Å². The molecule has 1 aliphatic rings. The van der Waals surface area contributed by atoms with Crippen LogP contribution in [0.5, 0.6) is 5.75 Å². The fourth-order valence-corrected chi connectivity index (χ4v) is 2.91. The van der Waals surface area contributed by atoms with Gasteiger partial charge < -0.3 is 14.7 Å². The minimum Gasteiger partial charge on any atom is -0.497 e. The van der Waals surface area contributed by atoms with Crippen molar-refractivity contribution in [2.24, 2.45) is 5.41 Å². The Morgan fingerprint density at radius 1 is 1.43 bits per heavy atom. The molecule has 21 heavy (non-hydrogen) atoms. The van der Waals surface area contributed by atoms with E-state index in [-0.39, 0.29) is 5.91 Å². The van der Waals surface area contributed by atoms with Crippen molar-refractivity contribution in [1.82, 2.24) is 4.90 Å². The Hall–Kier alpha value is -1.56. The van der Waals surface area contributed by atoms with E-state index in [0.717, 1.165) is 16.5 Å². The third kappa shape index (κ3) is 2.90. The molecule has 0 heterocycles. The molecular weight excluding hydrogens is 338 g/mol. The molecule has 0 unspecified atom stereocenters. The minimum atomic E-state index is -1.22. The zero-order chi connectivity index (χ0) is 15.6. The van der Waals surface area contributed by atoms with Gasteiger partial charge in [0.2, 0.25) is 5.91 Å². The monoisotopic (exact) mass is 355 g/mol. The van der Waals surface area contributed by atoms with Crippen molar-refractivity contribution < 1.29 is 19.4 Å². The van der Waals surface area contributed by atoms with E-state index in [1.165, 1.54) is 4.90 Å². The summed E-state index contributed by atoms with van der Waals surface area (Å²) in [6, 6.07) is 5.50. The second-order valence-electron chi connectivity index (χ2n) is 5.36. The van der Waals surface area contributed by atoms with Crippen LogP contribution in [0.2, 0.25) is 0 Å². The minimum absolute atomic E-state index is 0.323. The first kappa shape index (κ1) is 15.8. The molecule has 1 aromatic rings. The van der Waals surface area contributed by atoms with Crippen LogP contribution >= 0.6 is 15.9 Å². The number of methoxy groups -OCH3 is 1. The number of rotatable bonds is 5. The molecule has 1 aliphatic carbocycles. The van der Waals surface area contributed by atoms with Crippen LogP contribution in [0.15, 0.2) is 22.7 Å². The molecule has 0 radical (unpaired) electrons. The van der Waals surface area contributed by atoms with Gasteiger partial charge in [-0.05, 0) is 36.6 Å². The molecule has 0 bridgehead atoms. The zero-order valence-electron chi connectivity index (χ0n) is 12.1. The van der Waals surface area contributed by atoms with Gasteiger partial charge in [0, 0.05) is 18.1 Å². The van der Waals surface area contributed by atoms with E-state index in [2.05, 4.69) is 15.9 Å². The van der Waals surface area contributed by atoms with Crippen LogP contribution in [-0.2, 0) is 16.1 Å². The number of carboxylic acid groups (broad SMARTS) is 1. The predicted octanol–water partition coefficient (Wildman–Crippen LogP) is 2.67. The van der Waals surface area contributed by atoms with Crippen LogP contribution < -0.4 is 4.74 Å². The van der Waals surface area contributed by atoms with E-state index in [9.17, 15) is 14.7 Å². The largest absolute Gasteiger partial charge is 0.497 e. The van der Waals surface area contributed by atoms with Crippen molar-refractivity contribution in [1.29, 1.82) is 0 Å². The van der Waals surface area contributed by atoms with E-state index in [0.29, 0.717) is 25.1 Å². The number of aliphatic carboxylic acids is 1. The number of hydrogen-bond donors (Lipinski definition) is 1. The molecule has 1 fully saturated rings. The van der Waals surface area contributed by atoms with Crippen molar-refractivity contribution in [3.05, 3.63) is 28.2 Å². The Kier molecular flexibility index (Phi) is 4.56. The summed E-state index contributed by atoms with van der Waals surface area (Å²) >= 11 is 3.44. The zero-order valence-corrected chi connectivity index (χ0v) is 13.6. The molecule has 0 aliphatic heterocycles. The number of hydrogen-bond acceptors (Lipinski definition) is 3. The van der Waals surface area contributed by atoms with Gasteiger partial charge in [-0.1, -0.05) is 22.4 Å². The summed E-state index contributed by atoms with van der Waals surface area (Å²) in [6.45, 7) is 0.339. The molecule has 1 N–H and O–H groups in total.